The standard InChI is InChI=1S/C29H42O7/c1-15(30)34-17-13-20-28(6)12-9-18-26(3,4)10-8-11-27(18,5)19(28)14-21(32)29(20,7)23-22(17)25(35-16(2)31)36-24(23)33/h17-21,25,32H,8-14H2,1-7H3/t17-,18+,19-,20+,21-,25-,27+,28-,29-/m1/s1. The summed E-state index contributed by atoms with van der Waals surface area (Å²) in [6.45, 7) is 14.2. The van der Waals surface area contributed by atoms with E-state index in [-0.39, 0.29) is 22.2 Å². The number of carbonyl (C=O) groups excluding carboxylic acids is 3. The highest BCUT2D eigenvalue weighted by atomic mass is 16.7. The van der Waals surface area contributed by atoms with Gasteiger partial charge >= 0.3 is 17.9 Å². The minimum atomic E-state index is -1.22. The molecule has 5 aliphatic rings. The Morgan fingerprint density at radius 1 is 0.889 bits per heavy atom. The number of cyclic esters (lactones) is 1. The van der Waals surface area contributed by atoms with Gasteiger partial charge < -0.3 is 19.3 Å². The SMILES string of the molecule is CC(=O)O[C@@H]1OC(=O)C2=C1[C@H](OC(C)=O)C[C@H]1[C@]3(C)CC[C@H]4C(C)(C)CCC[C@]4(C)[C@H]3C[C@@H](O)[C@]21C. The molecule has 0 spiro atoms. The number of hydrogen-bond donors (Lipinski definition) is 1. The lowest BCUT2D eigenvalue weighted by atomic mass is 9.35. The van der Waals surface area contributed by atoms with E-state index in [1.165, 1.54) is 26.7 Å². The van der Waals surface area contributed by atoms with Crippen molar-refractivity contribution in [3.63, 3.8) is 0 Å². The van der Waals surface area contributed by atoms with Gasteiger partial charge in [0.05, 0.1) is 17.3 Å². The van der Waals surface area contributed by atoms with Crippen LogP contribution in [0.2, 0.25) is 0 Å². The van der Waals surface area contributed by atoms with Gasteiger partial charge in [-0.2, -0.15) is 0 Å². The van der Waals surface area contributed by atoms with E-state index in [1.807, 2.05) is 6.92 Å². The molecule has 0 saturated heterocycles. The van der Waals surface area contributed by atoms with Gasteiger partial charge in [0.25, 0.3) is 6.29 Å². The van der Waals surface area contributed by atoms with Crippen molar-refractivity contribution in [1.29, 1.82) is 0 Å². The first-order valence-corrected chi connectivity index (χ1v) is 13.6. The summed E-state index contributed by atoms with van der Waals surface area (Å²) in [5, 5.41) is 11.9. The number of aliphatic hydroxyl groups is 1. The lowest BCUT2D eigenvalue weighted by molar-refractivity contribution is -0.223. The number of ether oxygens (including phenoxy) is 3. The van der Waals surface area contributed by atoms with Crippen LogP contribution in [0.1, 0.15) is 93.4 Å². The maximum absolute atomic E-state index is 13.4. The summed E-state index contributed by atoms with van der Waals surface area (Å²) in [7, 11) is 0. The Balaban J connectivity index is 1.64. The fourth-order valence-corrected chi connectivity index (χ4v) is 10.1. The van der Waals surface area contributed by atoms with Gasteiger partial charge in [0.2, 0.25) is 0 Å². The van der Waals surface area contributed by atoms with Crippen molar-refractivity contribution in [2.45, 2.75) is 112 Å². The van der Waals surface area contributed by atoms with Crippen molar-refractivity contribution >= 4 is 17.9 Å². The molecule has 0 amide bonds. The minimum Gasteiger partial charge on any atom is -0.458 e. The molecule has 0 aromatic rings. The Labute approximate surface area is 214 Å². The molecule has 0 aromatic heterocycles. The molecule has 0 bridgehead atoms. The maximum Gasteiger partial charge on any atom is 0.338 e. The number of fused-ring (bicyclic) bond motifs is 6. The molecule has 0 radical (unpaired) electrons. The quantitative estimate of drug-likeness (QED) is 0.547. The average molecular weight is 503 g/mol. The van der Waals surface area contributed by atoms with Crippen LogP contribution in [0.4, 0.5) is 0 Å². The van der Waals surface area contributed by atoms with Crippen LogP contribution in [0, 0.1) is 39.4 Å². The van der Waals surface area contributed by atoms with Crippen molar-refractivity contribution in [3.05, 3.63) is 11.1 Å². The zero-order valence-corrected chi connectivity index (χ0v) is 22.8. The molecule has 4 aliphatic carbocycles. The van der Waals surface area contributed by atoms with Crippen molar-refractivity contribution in [2.75, 3.05) is 0 Å². The Morgan fingerprint density at radius 3 is 2.17 bits per heavy atom. The van der Waals surface area contributed by atoms with Gasteiger partial charge in [-0.25, -0.2) is 4.79 Å². The van der Waals surface area contributed by atoms with Crippen LogP contribution in [-0.4, -0.2) is 41.5 Å². The molecule has 1 aliphatic heterocycles. The van der Waals surface area contributed by atoms with E-state index in [9.17, 15) is 19.5 Å². The summed E-state index contributed by atoms with van der Waals surface area (Å²) in [6.07, 6.45) is 4.06. The first-order valence-electron chi connectivity index (χ1n) is 13.6. The monoisotopic (exact) mass is 502 g/mol. The third-order valence-electron chi connectivity index (χ3n) is 11.4. The molecule has 3 saturated carbocycles. The lowest BCUT2D eigenvalue weighted by Gasteiger charge is -2.70. The molecule has 7 nitrogen and oxygen atoms in total. The summed E-state index contributed by atoms with van der Waals surface area (Å²) < 4.78 is 16.7. The van der Waals surface area contributed by atoms with Gasteiger partial charge in [0.15, 0.2) is 0 Å². The Bertz CT molecular complexity index is 1030. The number of aliphatic hydroxyl groups excluding tert-OH is 1. The summed E-state index contributed by atoms with van der Waals surface area (Å²) in [5.74, 6) is -0.843. The highest BCUT2D eigenvalue weighted by Gasteiger charge is 2.70. The van der Waals surface area contributed by atoms with E-state index in [4.69, 9.17) is 14.2 Å². The molecular weight excluding hydrogens is 460 g/mol. The van der Waals surface area contributed by atoms with E-state index in [0.717, 1.165) is 19.3 Å². The smallest absolute Gasteiger partial charge is 0.338 e. The van der Waals surface area contributed by atoms with Crippen LogP contribution < -0.4 is 0 Å². The molecule has 0 aromatic carbocycles. The van der Waals surface area contributed by atoms with E-state index in [0.29, 0.717) is 35.8 Å². The molecule has 5 rings (SSSR count). The van der Waals surface area contributed by atoms with Gasteiger partial charge in [0.1, 0.15) is 6.10 Å². The van der Waals surface area contributed by atoms with E-state index < -0.39 is 41.8 Å². The first kappa shape index (κ1) is 25.7. The maximum atomic E-state index is 13.4. The normalized spacial score (nSPS) is 47.1. The molecule has 3 fully saturated rings. The predicted octanol–water partition coefficient (Wildman–Crippen LogP) is 4.70. The van der Waals surface area contributed by atoms with Crippen molar-refractivity contribution in [1.82, 2.24) is 0 Å². The third-order valence-corrected chi connectivity index (χ3v) is 11.4. The predicted molar refractivity (Wildman–Crippen MR) is 131 cm³/mol. The second-order valence-electron chi connectivity index (χ2n) is 13.6. The lowest BCUT2D eigenvalue weighted by Crippen LogP contribution is -2.66. The third kappa shape index (κ3) is 3.36. The zero-order chi connectivity index (χ0) is 26.4. The minimum absolute atomic E-state index is 0.0895. The second-order valence-corrected chi connectivity index (χ2v) is 13.6. The Kier molecular flexibility index (Phi) is 5.76. The average Bonchev–Trinajstić information content (AvgIpc) is 3.07. The molecular formula is C29H42O7. The number of rotatable bonds is 2. The largest absolute Gasteiger partial charge is 0.458 e. The van der Waals surface area contributed by atoms with E-state index in [2.05, 4.69) is 27.7 Å². The van der Waals surface area contributed by atoms with Crippen LogP contribution in [0.5, 0.6) is 0 Å². The van der Waals surface area contributed by atoms with Crippen molar-refractivity contribution < 1.29 is 33.7 Å². The molecule has 200 valence electrons. The van der Waals surface area contributed by atoms with Crippen molar-refractivity contribution in [3.8, 4) is 0 Å². The van der Waals surface area contributed by atoms with Crippen LogP contribution in [0.3, 0.4) is 0 Å². The molecule has 1 heterocycles. The highest BCUT2D eigenvalue weighted by Crippen LogP contribution is 2.73. The molecule has 9 atom stereocenters. The summed E-state index contributed by atoms with van der Waals surface area (Å²) in [4.78, 5) is 37.3. The second kappa shape index (κ2) is 8.05. The summed E-state index contributed by atoms with van der Waals surface area (Å²) in [6, 6.07) is 0. The van der Waals surface area contributed by atoms with Crippen molar-refractivity contribution in [2.24, 2.45) is 39.4 Å². The van der Waals surface area contributed by atoms with Crippen LogP contribution in [0.15, 0.2) is 11.1 Å². The summed E-state index contributed by atoms with van der Waals surface area (Å²) in [5.41, 5.74) is 0.0670. The molecule has 36 heavy (non-hydrogen) atoms. The van der Waals surface area contributed by atoms with Gasteiger partial charge in [0, 0.05) is 19.3 Å². The van der Waals surface area contributed by atoms with E-state index >= 15 is 0 Å². The topological polar surface area (TPSA) is 99.1 Å². The van der Waals surface area contributed by atoms with Crippen LogP contribution in [0.25, 0.3) is 0 Å². The Morgan fingerprint density at radius 2 is 1.53 bits per heavy atom. The van der Waals surface area contributed by atoms with Gasteiger partial charge in [-0.1, -0.05) is 41.0 Å². The Hall–Kier alpha value is -1.89. The summed E-state index contributed by atoms with van der Waals surface area (Å²) >= 11 is 0. The fourth-order valence-electron chi connectivity index (χ4n) is 10.1. The molecule has 0 unspecified atom stereocenters. The molecule has 1 N–H and O–H groups in total. The fraction of sp³-hybridized carbons (Fsp3) is 0.828. The zero-order valence-electron chi connectivity index (χ0n) is 22.8. The number of carbonyl (C=O) groups is 3. The van der Waals surface area contributed by atoms with Gasteiger partial charge in [-0.15, -0.1) is 0 Å². The van der Waals surface area contributed by atoms with Gasteiger partial charge in [-0.3, -0.25) is 9.59 Å². The highest BCUT2D eigenvalue weighted by molar-refractivity contribution is 5.95. The van der Waals surface area contributed by atoms with Crippen LogP contribution in [-0.2, 0) is 28.6 Å². The van der Waals surface area contributed by atoms with E-state index in [1.54, 1.807) is 0 Å². The first-order chi connectivity index (χ1) is 16.7. The number of hydrogen-bond acceptors (Lipinski definition) is 7. The van der Waals surface area contributed by atoms with Crippen LogP contribution >= 0.6 is 0 Å². The van der Waals surface area contributed by atoms with Gasteiger partial charge in [-0.05, 0) is 72.5 Å². The number of esters is 3. The molecule has 7 heteroatoms.